The maximum atomic E-state index is 6.00. The summed E-state index contributed by atoms with van der Waals surface area (Å²) >= 11 is 0. The normalized spacial score (nSPS) is 15.6. The van der Waals surface area contributed by atoms with Gasteiger partial charge in [-0.15, -0.1) is 0 Å². The van der Waals surface area contributed by atoms with Crippen LogP contribution in [-0.2, 0) is 0 Å². The Labute approximate surface area is 139 Å². The van der Waals surface area contributed by atoms with Crippen molar-refractivity contribution in [3.63, 3.8) is 0 Å². The average Bonchev–Trinajstić information content (AvgIpc) is 3.13. The molecule has 1 aliphatic heterocycles. The Morgan fingerprint density at radius 2 is 1.96 bits per heavy atom. The maximum absolute atomic E-state index is 6.00. The second kappa shape index (κ2) is 6.37. The second-order valence-electron chi connectivity index (χ2n) is 5.86. The molecule has 0 atom stereocenters. The van der Waals surface area contributed by atoms with E-state index in [0.29, 0.717) is 11.7 Å². The third-order valence-corrected chi connectivity index (χ3v) is 4.20. The molecule has 0 aromatic carbocycles. The van der Waals surface area contributed by atoms with Crippen molar-refractivity contribution in [2.45, 2.75) is 18.9 Å². The molecule has 1 saturated heterocycles. The van der Waals surface area contributed by atoms with Crippen LogP contribution in [0.1, 0.15) is 12.8 Å². The summed E-state index contributed by atoms with van der Waals surface area (Å²) in [6.07, 6.45) is 7.13. The Morgan fingerprint density at radius 3 is 2.75 bits per heavy atom. The van der Waals surface area contributed by atoms with Crippen molar-refractivity contribution in [2.24, 2.45) is 5.73 Å². The van der Waals surface area contributed by atoms with Crippen LogP contribution in [0.2, 0.25) is 0 Å². The molecule has 3 aromatic rings. The molecule has 7 heteroatoms. The molecule has 0 saturated carbocycles. The SMILES string of the molecule is NC1CCN(c2ncccc2-c2nc(-c3cccnc3)no2)CC1. The number of nitrogens with two attached hydrogens (primary N) is 1. The Morgan fingerprint density at radius 1 is 1.12 bits per heavy atom. The van der Waals surface area contributed by atoms with Crippen LogP contribution in [-0.4, -0.2) is 39.2 Å². The zero-order chi connectivity index (χ0) is 16.4. The van der Waals surface area contributed by atoms with Crippen LogP contribution in [0, 0.1) is 0 Å². The van der Waals surface area contributed by atoms with Gasteiger partial charge < -0.3 is 15.2 Å². The molecule has 0 aliphatic carbocycles. The molecule has 0 bridgehead atoms. The molecule has 0 radical (unpaired) electrons. The molecule has 4 rings (SSSR count). The number of hydrogen-bond acceptors (Lipinski definition) is 7. The molecule has 24 heavy (non-hydrogen) atoms. The summed E-state index contributed by atoms with van der Waals surface area (Å²) in [6.45, 7) is 1.77. The van der Waals surface area contributed by atoms with Gasteiger partial charge in [-0.2, -0.15) is 4.98 Å². The van der Waals surface area contributed by atoms with Gasteiger partial charge in [-0.3, -0.25) is 4.98 Å². The highest BCUT2D eigenvalue weighted by atomic mass is 16.5. The molecular weight excluding hydrogens is 304 g/mol. The minimum absolute atomic E-state index is 0.272. The third-order valence-electron chi connectivity index (χ3n) is 4.20. The summed E-state index contributed by atoms with van der Waals surface area (Å²) < 4.78 is 5.48. The van der Waals surface area contributed by atoms with E-state index in [4.69, 9.17) is 10.3 Å². The van der Waals surface area contributed by atoms with Crippen molar-refractivity contribution in [3.05, 3.63) is 42.9 Å². The minimum Gasteiger partial charge on any atom is -0.356 e. The number of pyridine rings is 2. The summed E-state index contributed by atoms with van der Waals surface area (Å²) in [4.78, 5) is 15.4. The average molecular weight is 322 g/mol. The van der Waals surface area contributed by atoms with Crippen molar-refractivity contribution < 1.29 is 4.52 Å². The van der Waals surface area contributed by atoms with Gasteiger partial charge in [-0.25, -0.2) is 4.98 Å². The predicted molar refractivity (Wildman–Crippen MR) is 90.2 cm³/mol. The fourth-order valence-corrected chi connectivity index (χ4v) is 2.87. The Balaban J connectivity index is 1.67. The lowest BCUT2D eigenvalue weighted by molar-refractivity contribution is 0.431. The van der Waals surface area contributed by atoms with Gasteiger partial charge in [0.1, 0.15) is 5.82 Å². The molecule has 0 unspecified atom stereocenters. The second-order valence-corrected chi connectivity index (χ2v) is 5.86. The van der Waals surface area contributed by atoms with Crippen LogP contribution in [0.15, 0.2) is 47.4 Å². The molecule has 0 amide bonds. The first-order chi connectivity index (χ1) is 11.8. The number of anilines is 1. The van der Waals surface area contributed by atoms with Crippen molar-refractivity contribution in [1.82, 2.24) is 20.1 Å². The third kappa shape index (κ3) is 2.85. The fraction of sp³-hybridized carbons (Fsp3) is 0.294. The lowest BCUT2D eigenvalue weighted by atomic mass is 10.1. The van der Waals surface area contributed by atoms with Gasteiger partial charge in [-0.1, -0.05) is 5.16 Å². The van der Waals surface area contributed by atoms with E-state index < -0.39 is 0 Å². The van der Waals surface area contributed by atoms with Crippen LogP contribution in [0.5, 0.6) is 0 Å². The van der Waals surface area contributed by atoms with Crippen molar-refractivity contribution in [1.29, 1.82) is 0 Å². The highest BCUT2D eigenvalue weighted by Crippen LogP contribution is 2.30. The van der Waals surface area contributed by atoms with Gasteiger partial charge in [-0.05, 0) is 37.1 Å². The highest BCUT2D eigenvalue weighted by molar-refractivity contribution is 5.71. The van der Waals surface area contributed by atoms with E-state index in [1.807, 2.05) is 24.3 Å². The number of piperidine rings is 1. The smallest absolute Gasteiger partial charge is 0.262 e. The Bertz CT molecular complexity index is 811. The summed E-state index contributed by atoms with van der Waals surface area (Å²) in [6, 6.07) is 7.85. The van der Waals surface area contributed by atoms with Crippen molar-refractivity contribution in [2.75, 3.05) is 18.0 Å². The molecule has 1 aliphatic rings. The number of nitrogens with zero attached hydrogens (tertiary/aromatic N) is 5. The first-order valence-electron chi connectivity index (χ1n) is 8.01. The first-order valence-corrected chi connectivity index (χ1v) is 8.01. The lowest BCUT2D eigenvalue weighted by Crippen LogP contribution is -2.40. The highest BCUT2D eigenvalue weighted by Gasteiger charge is 2.22. The van der Waals surface area contributed by atoms with E-state index in [-0.39, 0.29) is 6.04 Å². The fourth-order valence-electron chi connectivity index (χ4n) is 2.87. The minimum atomic E-state index is 0.272. The van der Waals surface area contributed by atoms with Crippen LogP contribution < -0.4 is 10.6 Å². The summed E-state index contributed by atoms with van der Waals surface area (Å²) in [7, 11) is 0. The van der Waals surface area contributed by atoms with Gasteiger partial charge in [0.2, 0.25) is 5.82 Å². The summed E-state index contributed by atoms with van der Waals surface area (Å²) in [5.74, 6) is 1.85. The standard InChI is InChI=1S/C17H18N6O/c18-13-5-9-23(10-6-13)16-14(4-2-8-20-16)17-21-15(22-24-17)12-3-1-7-19-11-12/h1-4,7-8,11,13H,5-6,9-10,18H2. The largest absolute Gasteiger partial charge is 0.356 e. The van der Waals surface area contributed by atoms with Gasteiger partial charge in [0.15, 0.2) is 0 Å². The van der Waals surface area contributed by atoms with Crippen LogP contribution >= 0.6 is 0 Å². The summed E-state index contributed by atoms with van der Waals surface area (Å²) in [5, 5.41) is 4.07. The lowest BCUT2D eigenvalue weighted by Gasteiger charge is -2.31. The van der Waals surface area contributed by atoms with E-state index >= 15 is 0 Å². The first kappa shape index (κ1) is 14.8. The molecule has 122 valence electrons. The maximum Gasteiger partial charge on any atom is 0.262 e. The quantitative estimate of drug-likeness (QED) is 0.789. The molecule has 3 aromatic heterocycles. The van der Waals surface area contributed by atoms with E-state index in [2.05, 4.69) is 25.0 Å². The Kier molecular flexibility index (Phi) is 3.92. The molecule has 7 nitrogen and oxygen atoms in total. The van der Waals surface area contributed by atoms with Crippen LogP contribution in [0.25, 0.3) is 22.8 Å². The van der Waals surface area contributed by atoms with Crippen LogP contribution in [0.4, 0.5) is 5.82 Å². The summed E-state index contributed by atoms with van der Waals surface area (Å²) in [5.41, 5.74) is 7.66. The van der Waals surface area contributed by atoms with E-state index in [1.54, 1.807) is 18.6 Å². The molecule has 4 heterocycles. The van der Waals surface area contributed by atoms with Crippen LogP contribution in [0.3, 0.4) is 0 Å². The molecule has 1 fully saturated rings. The molecule has 2 N–H and O–H groups in total. The monoisotopic (exact) mass is 322 g/mol. The zero-order valence-corrected chi connectivity index (χ0v) is 13.2. The molecular formula is C17H18N6O. The Hall–Kier alpha value is -2.80. The zero-order valence-electron chi connectivity index (χ0n) is 13.2. The van der Waals surface area contributed by atoms with Gasteiger partial charge in [0.25, 0.3) is 5.89 Å². The number of aromatic nitrogens is 4. The van der Waals surface area contributed by atoms with Crippen molar-refractivity contribution >= 4 is 5.82 Å². The predicted octanol–water partition coefficient (Wildman–Crippen LogP) is 2.12. The van der Waals surface area contributed by atoms with Gasteiger partial charge >= 0.3 is 0 Å². The topological polar surface area (TPSA) is 94.0 Å². The molecule has 0 spiro atoms. The number of hydrogen-bond donors (Lipinski definition) is 1. The van der Waals surface area contributed by atoms with E-state index in [1.165, 1.54) is 0 Å². The van der Waals surface area contributed by atoms with Gasteiger partial charge in [0, 0.05) is 43.3 Å². The number of rotatable bonds is 3. The van der Waals surface area contributed by atoms with E-state index in [9.17, 15) is 0 Å². The van der Waals surface area contributed by atoms with Gasteiger partial charge in [0.05, 0.1) is 5.56 Å². The van der Waals surface area contributed by atoms with Crippen molar-refractivity contribution in [3.8, 4) is 22.8 Å². The van der Waals surface area contributed by atoms with E-state index in [0.717, 1.165) is 42.9 Å².